The van der Waals surface area contributed by atoms with Gasteiger partial charge in [0, 0.05) is 39.7 Å². The van der Waals surface area contributed by atoms with Gasteiger partial charge in [0.25, 0.3) is 0 Å². The predicted molar refractivity (Wildman–Crippen MR) is 71.5 cm³/mol. The molecule has 0 spiro atoms. The highest BCUT2D eigenvalue weighted by atomic mass is 79.9. The van der Waals surface area contributed by atoms with Gasteiger partial charge >= 0.3 is 0 Å². The van der Waals surface area contributed by atoms with Crippen LogP contribution in [0.5, 0.6) is 0 Å². The smallest absolute Gasteiger partial charge is 0.0315 e. The van der Waals surface area contributed by atoms with Gasteiger partial charge in [0.2, 0.25) is 0 Å². The molecule has 16 heavy (non-hydrogen) atoms. The van der Waals surface area contributed by atoms with Gasteiger partial charge in [0.05, 0.1) is 0 Å². The molecule has 84 valence electrons. The molecule has 2 aromatic heterocycles. The maximum absolute atomic E-state index is 4.12. The van der Waals surface area contributed by atoms with E-state index in [9.17, 15) is 0 Å². The van der Waals surface area contributed by atoms with Gasteiger partial charge in [0.1, 0.15) is 0 Å². The van der Waals surface area contributed by atoms with Gasteiger partial charge < -0.3 is 5.32 Å². The van der Waals surface area contributed by atoms with Crippen LogP contribution in [0.25, 0.3) is 0 Å². The Labute approximate surface area is 108 Å². The average Bonchev–Trinajstić information content (AvgIpc) is 2.73. The number of hydrogen-bond donors (Lipinski definition) is 1. The second-order valence-corrected chi connectivity index (χ2v) is 5.53. The Morgan fingerprint density at radius 2 is 2.44 bits per heavy atom. The minimum atomic E-state index is 0.328. The zero-order chi connectivity index (χ0) is 11.4. The van der Waals surface area contributed by atoms with E-state index in [0.717, 1.165) is 11.0 Å². The zero-order valence-corrected chi connectivity index (χ0v) is 11.4. The van der Waals surface area contributed by atoms with Crippen molar-refractivity contribution in [2.75, 3.05) is 0 Å². The fourth-order valence-electron chi connectivity index (χ4n) is 1.45. The van der Waals surface area contributed by atoms with Crippen LogP contribution < -0.4 is 5.32 Å². The van der Waals surface area contributed by atoms with Gasteiger partial charge in [-0.2, -0.15) is 0 Å². The minimum Gasteiger partial charge on any atom is -0.305 e. The number of aromatic nitrogens is 1. The Morgan fingerprint density at radius 3 is 3.06 bits per heavy atom. The number of halogens is 1. The lowest BCUT2D eigenvalue weighted by Crippen LogP contribution is -2.17. The number of hydrogen-bond acceptors (Lipinski definition) is 3. The highest BCUT2D eigenvalue weighted by Gasteiger charge is 2.05. The molecule has 0 fully saturated rings. The lowest BCUT2D eigenvalue weighted by molar-refractivity contribution is 0.577. The van der Waals surface area contributed by atoms with E-state index in [4.69, 9.17) is 0 Å². The number of nitrogens with zero attached hydrogens (tertiary/aromatic N) is 1. The molecule has 0 unspecified atom stereocenters. The summed E-state index contributed by atoms with van der Waals surface area (Å²) in [5.74, 6) is 0. The number of thiophene rings is 1. The highest BCUT2D eigenvalue weighted by molar-refractivity contribution is 9.10. The van der Waals surface area contributed by atoms with Crippen LogP contribution in [0.1, 0.15) is 23.4 Å². The summed E-state index contributed by atoms with van der Waals surface area (Å²) in [6, 6.07) is 6.53. The monoisotopic (exact) mass is 296 g/mol. The normalized spacial score (nSPS) is 12.6. The zero-order valence-electron chi connectivity index (χ0n) is 8.98. The summed E-state index contributed by atoms with van der Waals surface area (Å²) in [6.07, 6.45) is 3.70. The summed E-state index contributed by atoms with van der Waals surface area (Å²) in [6.45, 7) is 3.05. The van der Waals surface area contributed by atoms with Crippen LogP contribution in [-0.2, 0) is 6.54 Å². The van der Waals surface area contributed by atoms with Crippen LogP contribution in [0.2, 0.25) is 0 Å². The lowest BCUT2D eigenvalue weighted by atomic mass is 10.1. The molecular weight excluding hydrogens is 284 g/mol. The first-order valence-electron chi connectivity index (χ1n) is 5.12. The third-order valence-electron chi connectivity index (χ3n) is 2.39. The molecule has 2 heterocycles. The molecule has 2 aromatic rings. The van der Waals surface area contributed by atoms with Crippen molar-refractivity contribution >= 4 is 27.3 Å². The van der Waals surface area contributed by atoms with Crippen molar-refractivity contribution in [3.05, 3.63) is 50.9 Å². The van der Waals surface area contributed by atoms with E-state index < -0.39 is 0 Å². The van der Waals surface area contributed by atoms with E-state index in [2.05, 4.69) is 50.7 Å². The summed E-state index contributed by atoms with van der Waals surface area (Å²) in [5.41, 5.74) is 1.22. The average molecular weight is 297 g/mol. The summed E-state index contributed by atoms with van der Waals surface area (Å²) in [7, 11) is 0. The van der Waals surface area contributed by atoms with Gasteiger partial charge in [-0.3, -0.25) is 4.98 Å². The molecule has 0 saturated carbocycles. The van der Waals surface area contributed by atoms with Crippen molar-refractivity contribution in [2.45, 2.75) is 19.5 Å². The number of pyridine rings is 1. The SMILES string of the molecule is C[C@@H](NCc1cc(Br)cs1)c1cccnc1. The van der Waals surface area contributed by atoms with E-state index in [-0.39, 0.29) is 0 Å². The van der Waals surface area contributed by atoms with Crippen LogP contribution in [0.15, 0.2) is 40.4 Å². The molecule has 0 amide bonds. The second-order valence-electron chi connectivity index (χ2n) is 3.62. The van der Waals surface area contributed by atoms with Crippen LogP contribution in [0, 0.1) is 0 Å². The molecule has 0 radical (unpaired) electrons. The maximum Gasteiger partial charge on any atom is 0.0315 e. The van der Waals surface area contributed by atoms with Crippen molar-refractivity contribution in [2.24, 2.45) is 0 Å². The van der Waals surface area contributed by atoms with Crippen LogP contribution in [0.3, 0.4) is 0 Å². The molecule has 1 N–H and O–H groups in total. The third-order valence-corrected chi connectivity index (χ3v) is 4.09. The fourth-order valence-corrected chi connectivity index (χ4v) is 2.85. The maximum atomic E-state index is 4.12. The Hall–Kier alpha value is -0.710. The molecule has 0 aliphatic carbocycles. The molecule has 4 heteroatoms. The van der Waals surface area contributed by atoms with Gasteiger partial charge in [-0.05, 0) is 40.5 Å². The summed E-state index contributed by atoms with van der Waals surface area (Å²) >= 11 is 5.22. The Kier molecular flexibility index (Phi) is 4.09. The van der Waals surface area contributed by atoms with Crippen LogP contribution in [-0.4, -0.2) is 4.98 Å². The standard InChI is InChI=1S/C12H13BrN2S/c1-9(10-3-2-4-14-6-10)15-7-12-5-11(13)8-16-12/h2-6,8-9,15H,7H2,1H3/t9-/m1/s1. The molecule has 0 saturated heterocycles. The molecule has 2 rings (SSSR count). The summed E-state index contributed by atoms with van der Waals surface area (Å²) in [4.78, 5) is 5.46. The fraction of sp³-hybridized carbons (Fsp3) is 0.250. The molecule has 0 aliphatic heterocycles. The molecule has 0 aromatic carbocycles. The van der Waals surface area contributed by atoms with Crippen molar-refractivity contribution in [3.63, 3.8) is 0 Å². The van der Waals surface area contributed by atoms with Crippen molar-refractivity contribution in [1.29, 1.82) is 0 Å². The van der Waals surface area contributed by atoms with E-state index in [0.29, 0.717) is 6.04 Å². The van der Waals surface area contributed by atoms with E-state index in [1.54, 1.807) is 17.5 Å². The molecule has 2 nitrogen and oxygen atoms in total. The Balaban J connectivity index is 1.91. The Bertz CT molecular complexity index is 441. The van der Waals surface area contributed by atoms with Gasteiger partial charge in [-0.25, -0.2) is 0 Å². The van der Waals surface area contributed by atoms with E-state index in [1.807, 2.05) is 12.3 Å². The molecule has 1 atom stereocenters. The van der Waals surface area contributed by atoms with Crippen molar-refractivity contribution < 1.29 is 0 Å². The Morgan fingerprint density at radius 1 is 1.56 bits per heavy atom. The topological polar surface area (TPSA) is 24.9 Å². The van der Waals surface area contributed by atoms with Crippen molar-refractivity contribution in [3.8, 4) is 0 Å². The van der Waals surface area contributed by atoms with E-state index in [1.165, 1.54) is 10.4 Å². The minimum absolute atomic E-state index is 0.328. The number of rotatable bonds is 4. The van der Waals surface area contributed by atoms with Crippen LogP contribution >= 0.6 is 27.3 Å². The largest absolute Gasteiger partial charge is 0.305 e. The quantitative estimate of drug-likeness (QED) is 0.929. The third kappa shape index (κ3) is 3.14. The molecule has 0 aliphatic rings. The molecular formula is C12H13BrN2S. The second kappa shape index (κ2) is 5.57. The van der Waals surface area contributed by atoms with Gasteiger partial charge in [-0.1, -0.05) is 6.07 Å². The first-order valence-corrected chi connectivity index (χ1v) is 6.79. The van der Waals surface area contributed by atoms with Gasteiger partial charge in [0.15, 0.2) is 0 Å². The summed E-state index contributed by atoms with van der Waals surface area (Å²) < 4.78 is 1.16. The lowest BCUT2D eigenvalue weighted by Gasteiger charge is -2.12. The number of nitrogens with one attached hydrogen (secondary N) is 1. The summed E-state index contributed by atoms with van der Waals surface area (Å²) in [5, 5.41) is 5.58. The van der Waals surface area contributed by atoms with Crippen molar-refractivity contribution in [1.82, 2.24) is 10.3 Å². The molecule has 0 bridgehead atoms. The first kappa shape index (κ1) is 11.8. The van der Waals surface area contributed by atoms with E-state index >= 15 is 0 Å². The van der Waals surface area contributed by atoms with Crippen LogP contribution in [0.4, 0.5) is 0 Å². The predicted octanol–water partition coefficient (Wildman–Crippen LogP) is 3.76. The first-order chi connectivity index (χ1) is 7.75. The highest BCUT2D eigenvalue weighted by Crippen LogP contribution is 2.20. The van der Waals surface area contributed by atoms with Gasteiger partial charge in [-0.15, -0.1) is 11.3 Å².